The fraction of sp³-hybridized carbons (Fsp3) is 0. The van der Waals surface area contributed by atoms with Crippen LogP contribution in [0, 0.1) is 6.26 Å². The fourth-order valence-electron chi connectivity index (χ4n) is 0. The van der Waals surface area contributed by atoms with Crippen molar-refractivity contribution in [2.24, 2.45) is 0 Å². The van der Waals surface area contributed by atoms with Crippen molar-refractivity contribution in [1.29, 1.82) is 0 Å². The summed E-state index contributed by atoms with van der Waals surface area (Å²) < 4.78 is 24.9. The van der Waals surface area contributed by atoms with Crippen molar-refractivity contribution in [2.75, 3.05) is 0 Å². The van der Waals surface area contributed by atoms with Gasteiger partial charge in [-0.15, -0.1) is 0 Å². The van der Waals surface area contributed by atoms with Crippen LogP contribution in [0.4, 0.5) is 0 Å². The summed E-state index contributed by atoms with van der Waals surface area (Å²) in [4.78, 5) is 0. The van der Waals surface area contributed by atoms with E-state index in [0.29, 0.717) is 0 Å². The topological polar surface area (TPSA) is 146 Å². The van der Waals surface area contributed by atoms with Crippen LogP contribution in [0.15, 0.2) is 0 Å². The van der Waals surface area contributed by atoms with Gasteiger partial charge < -0.3 is 18.5 Å². The average molecular weight is 135 g/mol. The van der Waals surface area contributed by atoms with Gasteiger partial charge in [0.2, 0.25) is 0 Å². The summed E-state index contributed by atoms with van der Waals surface area (Å²) in [6.07, 6.45) is 5.47. The monoisotopic (exact) mass is 135 g/mol. The van der Waals surface area contributed by atoms with Crippen LogP contribution in [0.1, 0.15) is 0 Å². The number of nitrogens with zero attached hydrogens (tertiary/aromatic N) is 3. The molecular weight excluding hydrogens is 134 g/mol. The summed E-state index contributed by atoms with van der Waals surface area (Å²) in [5, 5.41) is 0. The second kappa shape index (κ2) is 6.79. The predicted octanol–water partition coefficient (Wildman–Crippen LogP) is 0.286. The zero-order valence-corrected chi connectivity index (χ0v) is 4.33. The van der Waals surface area contributed by atoms with Gasteiger partial charge in [-0.1, -0.05) is 0 Å². The van der Waals surface area contributed by atoms with Crippen LogP contribution in [0.25, 0.3) is 18.5 Å². The SMILES string of the molecule is [C+3]S(=O)(=O)O.[N-].[N-].[N-]. The van der Waals surface area contributed by atoms with Crippen molar-refractivity contribution in [3.63, 3.8) is 0 Å². The zero-order valence-electron chi connectivity index (χ0n) is 3.51. The van der Waals surface area contributed by atoms with Gasteiger partial charge in [0.15, 0.2) is 0 Å². The summed E-state index contributed by atoms with van der Waals surface area (Å²) in [5.74, 6) is 0. The standard InChI is InChI=1S/CHO3S.3N/c1-5(2,3)4;;;/h(H,2,3,4);;;/q+3;3*-1. The average Bonchev–Trinajstić information content (AvgIpc) is 0.722. The molecule has 6 radical (unpaired) electrons. The third-order valence-electron chi connectivity index (χ3n) is 0. The van der Waals surface area contributed by atoms with Crippen molar-refractivity contribution in [3.8, 4) is 0 Å². The van der Waals surface area contributed by atoms with Crippen molar-refractivity contribution in [1.82, 2.24) is 0 Å². The summed E-state index contributed by atoms with van der Waals surface area (Å²) >= 11 is 0. The molecule has 0 unspecified atom stereocenters. The molecule has 0 aliphatic carbocycles. The van der Waals surface area contributed by atoms with Gasteiger partial charge in [-0.25, -0.2) is 0 Å². The van der Waals surface area contributed by atoms with E-state index in [0.717, 1.165) is 0 Å². The van der Waals surface area contributed by atoms with Crippen LogP contribution in [0.2, 0.25) is 0 Å². The molecule has 6 nitrogen and oxygen atoms in total. The van der Waals surface area contributed by atoms with Gasteiger partial charge in [-0.05, 0) is 0 Å². The normalized spacial score (nSPS) is 7.38. The Morgan fingerprint density at radius 3 is 1.12 bits per heavy atom. The third-order valence-corrected chi connectivity index (χ3v) is 0. The van der Waals surface area contributed by atoms with Crippen molar-refractivity contribution in [2.45, 2.75) is 0 Å². The first-order valence-electron chi connectivity index (χ1n) is 0.720. The number of hydrogen-bond donors (Lipinski definition) is 1. The summed E-state index contributed by atoms with van der Waals surface area (Å²) in [5.41, 5.74) is 0. The van der Waals surface area contributed by atoms with Gasteiger partial charge in [0.1, 0.15) is 0 Å². The molecule has 0 aromatic rings. The maximum absolute atomic E-state index is 8.85. The minimum atomic E-state index is -4.42. The molecule has 8 heavy (non-hydrogen) atoms. The van der Waals surface area contributed by atoms with E-state index in [-0.39, 0.29) is 18.5 Å². The van der Waals surface area contributed by atoms with E-state index in [9.17, 15) is 0 Å². The molecule has 0 fully saturated rings. The maximum Gasteiger partial charge on any atom is -1.00 e. The largest absolute Gasteiger partial charge is 1.00 e. The maximum atomic E-state index is 8.85. The van der Waals surface area contributed by atoms with Crippen LogP contribution in [-0.2, 0) is 10.1 Å². The van der Waals surface area contributed by atoms with Crippen molar-refractivity contribution >= 4 is 10.1 Å². The fourth-order valence-corrected chi connectivity index (χ4v) is 0. The predicted molar refractivity (Wildman–Crippen MR) is 24.9 cm³/mol. The molecule has 0 heterocycles. The van der Waals surface area contributed by atoms with E-state index in [1.165, 1.54) is 0 Å². The van der Waals surface area contributed by atoms with Crippen LogP contribution < -0.4 is 0 Å². The van der Waals surface area contributed by atoms with E-state index in [1.807, 2.05) is 0 Å². The minimum absolute atomic E-state index is 0. The molecule has 44 valence electrons. The Bertz CT molecular complexity index is 97.7. The molecule has 0 aliphatic heterocycles. The van der Waals surface area contributed by atoms with E-state index in [1.54, 1.807) is 0 Å². The summed E-state index contributed by atoms with van der Waals surface area (Å²) in [6.45, 7) is 0. The van der Waals surface area contributed by atoms with Gasteiger partial charge in [-0.3, -0.25) is 0 Å². The van der Waals surface area contributed by atoms with E-state index < -0.39 is 10.1 Å². The molecule has 0 aromatic carbocycles. The number of hydrogen-bond acceptors (Lipinski definition) is 2. The Balaban J connectivity index is -0.0000000267. The second-order valence-electron chi connectivity index (χ2n) is 0.475. The third kappa shape index (κ3) is 3010. The van der Waals surface area contributed by atoms with E-state index in [2.05, 4.69) is 0 Å². The molecule has 0 rings (SSSR count). The van der Waals surface area contributed by atoms with Crippen molar-refractivity contribution < 1.29 is 13.0 Å². The van der Waals surface area contributed by atoms with Gasteiger partial charge in [-0.2, -0.15) is 0 Å². The first-order valence-corrected chi connectivity index (χ1v) is 2.16. The van der Waals surface area contributed by atoms with Crippen molar-refractivity contribution in [3.05, 3.63) is 24.7 Å². The van der Waals surface area contributed by atoms with Gasteiger partial charge >= 0.3 is 29.3 Å². The Kier molecular flexibility index (Phi) is 21.2. The molecular formula is CHN3O3S. The molecule has 7 heteroatoms. The van der Waals surface area contributed by atoms with E-state index >= 15 is 0 Å². The Labute approximate surface area is 48.8 Å². The molecule has 0 amide bonds. The van der Waals surface area contributed by atoms with Crippen LogP contribution >= 0.6 is 0 Å². The molecule has 0 bridgehead atoms. The first kappa shape index (κ1) is 25.0. The van der Waals surface area contributed by atoms with Gasteiger partial charge in [0.25, 0.3) is 0 Å². The summed E-state index contributed by atoms with van der Waals surface area (Å²) in [7, 11) is -4.42. The van der Waals surface area contributed by atoms with Crippen LogP contribution in [0.5, 0.6) is 0 Å². The summed E-state index contributed by atoms with van der Waals surface area (Å²) in [6, 6.07) is 0. The Hall–Kier alpha value is -0.210. The molecule has 0 spiro atoms. The molecule has 0 aromatic heterocycles. The molecule has 0 saturated heterocycles. The van der Waals surface area contributed by atoms with Crippen LogP contribution in [-0.4, -0.2) is 13.0 Å². The van der Waals surface area contributed by atoms with Gasteiger partial charge in [0, 0.05) is 0 Å². The molecule has 0 atom stereocenters. The molecule has 0 saturated carbocycles. The molecule has 0 aliphatic rings. The van der Waals surface area contributed by atoms with E-state index in [4.69, 9.17) is 19.2 Å². The van der Waals surface area contributed by atoms with Crippen LogP contribution in [0.3, 0.4) is 0 Å². The number of rotatable bonds is 0. The van der Waals surface area contributed by atoms with Gasteiger partial charge in [0.05, 0.1) is 0 Å². The Morgan fingerprint density at radius 2 is 1.12 bits per heavy atom. The zero-order chi connectivity index (χ0) is 4.50. The molecule has 1 N–H and O–H groups in total. The second-order valence-corrected chi connectivity index (χ2v) is 1.43. The first-order chi connectivity index (χ1) is 2.00. The Morgan fingerprint density at radius 1 is 1.12 bits per heavy atom. The quantitative estimate of drug-likeness (QED) is 0.475. The smallest absolute Gasteiger partial charge is 1.00 e. The minimum Gasteiger partial charge on any atom is -1.00 e.